The van der Waals surface area contributed by atoms with Gasteiger partial charge in [0.05, 0.1) is 23.1 Å². The Labute approximate surface area is 143 Å². The van der Waals surface area contributed by atoms with Crippen LogP contribution in [0.4, 0.5) is 0 Å². The average Bonchev–Trinajstić information content (AvgIpc) is 3.32. The average molecular weight is 348 g/mol. The van der Waals surface area contributed by atoms with E-state index in [2.05, 4.69) is 10.1 Å². The molecule has 1 saturated carbocycles. The summed E-state index contributed by atoms with van der Waals surface area (Å²) in [5, 5.41) is 4.38. The highest BCUT2D eigenvalue weighted by Gasteiger charge is 2.43. The van der Waals surface area contributed by atoms with Gasteiger partial charge in [-0.2, -0.15) is 9.40 Å². The summed E-state index contributed by atoms with van der Waals surface area (Å²) < 4.78 is 30.3. The lowest BCUT2D eigenvalue weighted by atomic mass is 10.2. The number of pyridine rings is 1. The molecule has 2 aromatic rings. The molecule has 1 aliphatic carbocycles. The van der Waals surface area contributed by atoms with Gasteiger partial charge in [0, 0.05) is 18.8 Å². The van der Waals surface area contributed by atoms with E-state index in [9.17, 15) is 8.42 Å². The van der Waals surface area contributed by atoms with Gasteiger partial charge < -0.3 is 0 Å². The van der Waals surface area contributed by atoms with Crippen LogP contribution in [-0.4, -0.2) is 33.5 Å². The molecular weight excluding hydrogens is 324 g/mol. The second kappa shape index (κ2) is 6.29. The van der Waals surface area contributed by atoms with Gasteiger partial charge in [-0.15, -0.1) is 0 Å². The second-order valence-corrected chi connectivity index (χ2v) is 8.09. The smallest absolute Gasteiger partial charge is 0.247 e. The van der Waals surface area contributed by atoms with Crippen LogP contribution in [0.25, 0.3) is 0 Å². The van der Waals surface area contributed by atoms with Crippen molar-refractivity contribution in [1.82, 2.24) is 19.1 Å². The van der Waals surface area contributed by atoms with Crippen LogP contribution < -0.4 is 0 Å². The van der Waals surface area contributed by atoms with Crippen molar-refractivity contribution in [3.05, 3.63) is 41.5 Å². The number of hydrogen-bond donors (Lipinski definition) is 0. The molecule has 0 aromatic carbocycles. The van der Waals surface area contributed by atoms with Crippen LogP contribution in [0, 0.1) is 13.8 Å². The molecule has 0 bridgehead atoms. The largest absolute Gasteiger partial charge is 0.268 e. The molecule has 24 heavy (non-hydrogen) atoms. The van der Waals surface area contributed by atoms with Crippen LogP contribution in [0.3, 0.4) is 0 Å². The molecular formula is C17H24N4O2S. The maximum absolute atomic E-state index is 13.4. The summed E-state index contributed by atoms with van der Waals surface area (Å²) >= 11 is 0. The normalized spacial score (nSPS) is 16.5. The molecule has 130 valence electrons. The third kappa shape index (κ3) is 2.86. The van der Waals surface area contributed by atoms with E-state index in [1.54, 1.807) is 22.1 Å². The van der Waals surface area contributed by atoms with Gasteiger partial charge in [0.1, 0.15) is 4.90 Å². The van der Waals surface area contributed by atoms with Crippen LogP contribution in [-0.2, 0) is 16.6 Å². The minimum Gasteiger partial charge on any atom is -0.268 e. The SMILES string of the molecule is CCn1nc(C)c(S(=O)(=O)N(C2CC2)[C@H](C)c2ccccn2)c1C. The molecule has 1 fully saturated rings. The first-order valence-electron chi connectivity index (χ1n) is 8.36. The van der Waals surface area contributed by atoms with E-state index < -0.39 is 10.0 Å². The lowest BCUT2D eigenvalue weighted by Crippen LogP contribution is -2.36. The highest BCUT2D eigenvalue weighted by Crippen LogP contribution is 2.39. The van der Waals surface area contributed by atoms with Crippen LogP contribution in [0.2, 0.25) is 0 Å². The minimum atomic E-state index is -3.63. The van der Waals surface area contributed by atoms with Gasteiger partial charge in [-0.1, -0.05) is 6.07 Å². The first-order chi connectivity index (χ1) is 11.4. The van der Waals surface area contributed by atoms with E-state index in [0.717, 1.165) is 18.5 Å². The maximum Gasteiger partial charge on any atom is 0.247 e. The van der Waals surface area contributed by atoms with Gasteiger partial charge in [-0.25, -0.2) is 8.42 Å². The number of rotatable bonds is 6. The van der Waals surface area contributed by atoms with E-state index >= 15 is 0 Å². The van der Waals surface area contributed by atoms with E-state index in [1.165, 1.54) is 0 Å². The molecule has 2 heterocycles. The summed E-state index contributed by atoms with van der Waals surface area (Å²) in [4.78, 5) is 4.70. The first kappa shape index (κ1) is 17.1. The Kier molecular flexibility index (Phi) is 4.48. The zero-order valence-electron chi connectivity index (χ0n) is 14.6. The summed E-state index contributed by atoms with van der Waals surface area (Å²) in [5.74, 6) is 0. The van der Waals surface area contributed by atoms with Crippen molar-refractivity contribution in [2.75, 3.05) is 0 Å². The molecule has 2 aromatic heterocycles. The van der Waals surface area contributed by atoms with Gasteiger partial charge in [0.15, 0.2) is 0 Å². The zero-order valence-corrected chi connectivity index (χ0v) is 15.4. The molecule has 6 nitrogen and oxygen atoms in total. The fourth-order valence-electron chi connectivity index (χ4n) is 3.27. The van der Waals surface area contributed by atoms with Gasteiger partial charge >= 0.3 is 0 Å². The van der Waals surface area contributed by atoms with E-state index in [-0.39, 0.29) is 12.1 Å². The predicted molar refractivity (Wildman–Crippen MR) is 92.1 cm³/mol. The van der Waals surface area contributed by atoms with Crippen LogP contribution >= 0.6 is 0 Å². The molecule has 3 rings (SSSR count). The molecule has 0 spiro atoms. The fourth-order valence-corrected chi connectivity index (χ4v) is 5.50. The summed E-state index contributed by atoms with van der Waals surface area (Å²) in [6, 6.07) is 5.36. The summed E-state index contributed by atoms with van der Waals surface area (Å²) in [6.07, 6.45) is 3.50. The molecule has 0 unspecified atom stereocenters. The Morgan fingerprint density at radius 1 is 1.33 bits per heavy atom. The van der Waals surface area contributed by atoms with Crippen LogP contribution in [0.15, 0.2) is 29.3 Å². The number of nitrogens with zero attached hydrogens (tertiary/aromatic N) is 4. The predicted octanol–water partition coefficient (Wildman–Crippen LogP) is 2.83. The topological polar surface area (TPSA) is 68.1 Å². The quantitative estimate of drug-likeness (QED) is 0.805. The molecule has 1 atom stereocenters. The lowest BCUT2D eigenvalue weighted by Gasteiger charge is -2.28. The van der Waals surface area contributed by atoms with E-state index in [0.29, 0.717) is 22.8 Å². The third-order valence-electron chi connectivity index (χ3n) is 4.55. The Bertz CT molecular complexity index is 826. The summed E-state index contributed by atoms with van der Waals surface area (Å²) in [7, 11) is -3.63. The molecule has 7 heteroatoms. The van der Waals surface area contributed by atoms with Crippen molar-refractivity contribution < 1.29 is 8.42 Å². The van der Waals surface area contributed by atoms with Crippen LogP contribution in [0.1, 0.15) is 49.8 Å². The molecule has 0 saturated heterocycles. The minimum absolute atomic E-state index is 0.0517. The van der Waals surface area contributed by atoms with Crippen molar-refractivity contribution >= 4 is 10.0 Å². The zero-order chi connectivity index (χ0) is 17.5. The Morgan fingerprint density at radius 2 is 2.04 bits per heavy atom. The molecule has 0 radical (unpaired) electrons. The van der Waals surface area contributed by atoms with Crippen molar-refractivity contribution in [3.63, 3.8) is 0 Å². The van der Waals surface area contributed by atoms with Gasteiger partial charge in [-0.05, 0) is 52.7 Å². The lowest BCUT2D eigenvalue weighted by molar-refractivity contribution is 0.328. The van der Waals surface area contributed by atoms with Gasteiger partial charge in [-0.3, -0.25) is 9.67 Å². The highest BCUT2D eigenvalue weighted by molar-refractivity contribution is 7.89. The monoisotopic (exact) mass is 348 g/mol. The Balaban J connectivity index is 2.07. The summed E-state index contributed by atoms with van der Waals surface area (Å²) in [5.41, 5.74) is 2.04. The number of sulfonamides is 1. The van der Waals surface area contributed by atoms with Crippen LogP contribution in [0.5, 0.6) is 0 Å². The standard InChI is InChI=1S/C17H24N4O2S/c1-5-20-14(4)17(12(2)19-20)24(22,23)21(15-9-10-15)13(3)16-8-6-7-11-18-16/h6-8,11,13,15H,5,9-10H2,1-4H3/t13-/m1/s1. The fraction of sp³-hybridized carbons (Fsp3) is 0.529. The Hall–Kier alpha value is -1.73. The Morgan fingerprint density at radius 3 is 2.54 bits per heavy atom. The van der Waals surface area contributed by atoms with Crippen molar-refractivity contribution in [2.45, 2.75) is 64.1 Å². The van der Waals surface area contributed by atoms with Crippen molar-refractivity contribution in [2.24, 2.45) is 0 Å². The molecule has 0 N–H and O–H groups in total. The highest BCUT2D eigenvalue weighted by atomic mass is 32.2. The van der Waals surface area contributed by atoms with E-state index in [1.807, 2.05) is 39.0 Å². The molecule has 0 amide bonds. The van der Waals surface area contributed by atoms with Gasteiger partial charge in [0.25, 0.3) is 0 Å². The number of hydrogen-bond acceptors (Lipinski definition) is 4. The number of aryl methyl sites for hydroxylation is 2. The van der Waals surface area contributed by atoms with Crippen molar-refractivity contribution in [3.8, 4) is 0 Å². The van der Waals surface area contributed by atoms with Gasteiger partial charge in [0.2, 0.25) is 10.0 Å². The molecule has 0 aliphatic heterocycles. The summed E-state index contributed by atoms with van der Waals surface area (Å²) in [6.45, 7) is 8.12. The van der Waals surface area contributed by atoms with E-state index in [4.69, 9.17) is 0 Å². The van der Waals surface area contributed by atoms with Crippen molar-refractivity contribution in [1.29, 1.82) is 0 Å². The third-order valence-corrected chi connectivity index (χ3v) is 6.83. The molecule has 1 aliphatic rings. The maximum atomic E-state index is 13.4. The first-order valence-corrected chi connectivity index (χ1v) is 9.80. The number of aromatic nitrogens is 3. The second-order valence-electron chi connectivity index (χ2n) is 6.31.